The average Bonchev–Trinajstić information content (AvgIpc) is 2.22. The van der Waals surface area contributed by atoms with Crippen molar-refractivity contribution in [3.05, 3.63) is 49.3 Å². The maximum atomic E-state index is 11.7. The zero-order chi connectivity index (χ0) is 9.36. The Kier molecular flexibility index (Phi) is 4.03. The van der Waals surface area contributed by atoms with E-state index in [2.05, 4.69) is 19.9 Å². The Morgan fingerprint density at radius 1 is 0.846 bits per heavy atom. The van der Waals surface area contributed by atoms with Gasteiger partial charge in [-0.05, 0) is 12.1 Å². The summed E-state index contributed by atoms with van der Waals surface area (Å²) < 4.78 is 11.7. The molecule has 2 rings (SSSR count). The van der Waals surface area contributed by atoms with Gasteiger partial charge in [0.15, 0.2) is 0 Å². The van der Waals surface area contributed by atoms with Crippen LogP contribution in [-0.2, 0) is 0 Å². The van der Waals surface area contributed by atoms with E-state index in [9.17, 15) is 4.39 Å². The molecule has 0 saturated heterocycles. The summed E-state index contributed by atoms with van der Waals surface area (Å²) in [6, 6.07) is 3.34. The fourth-order valence-electron chi connectivity index (χ4n) is 0.534. The molecular weight excluding hydrogens is 171 g/mol. The van der Waals surface area contributed by atoms with Gasteiger partial charge in [-0.3, -0.25) is 0 Å². The number of nitrogens with zero attached hydrogens (tertiary/aromatic N) is 4. The van der Waals surface area contributed by atoms with Crippen LogP contribution in [0, 0.1) is 6.08 Å². The molecule has 0 saturated carbocycles. The van der Waals surface area contributed by atoms with Crippen molar-refractivity contribution in [1.82, 2.24) is 19.9 Å². The standard InChI is InChI=1S/C4H3FN2.C4H4N2/c5-4-6-2-1-3-7-4;1-2-5-4-6-3-1/h1-3H;1-4H. The summed E-state index contributed by atoms with van der Waals surface area (Å²) in [6.45, 7) is 0. The van der Waals surface area contributed by atoms with Crippen molar-refractivity contribution in [1.29, 1.82) is 0 Å². The molecule has 0 bridgehead atoms. The molecule has 0 aliphatic rings. The van der Waals surface area contributed by atoms with E-state index in [1.54, 1.807) is 24.5 Å². The van der Waals surface area contributed by atoms with Gasteiger partial charge < -0.3 is 0 Å². The highest BCUT2D eigenvalue weighted by Gasteiger charge is 1.80. The lowest BCUT2D eigenvalue weighted by molar-refractivity contribution is 0.538. The summed E-state index contributed by atoms with van der Waals surface area (Å²) in [5.74, 6) is 0. The molecule has 5 heteroatoms. The van der Waals surface area contributed by atoms with Crippen molar-refractivity contribution >= 4 is 0 Å². The lowest BCUT2D eigenvalue weighted by Gasteiger charge is -1.77. The maximum absolute atomic E-state index is 11.7. The van der Waals surface area contributed by atoms with Crippen molar-refractivity contribution in [2.45, 2.75) is 0 Å². The Balaban J connectivity index is 0.000000132. The van der Waals surface area contributed by atoms with Crippen LogP contribution in [0.4, 0.5) is 4.39 Å². The molecular formula is C8H7FN4. The van der Waals surface area contributed by atoms with Crippen molar-refractivity contribution in [3.8, 4) is 0 Å². The van der Waals surface area contributed by atoms with Crippen LogP contribution in [0.2, 0.25) is 0 Å². The fourth-order valence-corrected chi connectivity index (χ4v) is 0.534. The van der Waals surface area contributed by atoms with Crippen LogP contribution >= 0.6 is 0 Å². The minimum atomic E-state index is -0.678. The van der Waals surface area contributed by atoms with Gasteiger partial charge in [-0.25, -0.2) is 19.9 Å². The average molecular weight is 178 g/mol. The van der Waals surface area contributed by atoms with Gasteiger partial charge in [0.1, 0.15) is 6.33 Å². The summed E-state index contributed by atoms with van der Waals surface area (Å²) in [7, 11) is 0. The predicted octanol–water partition coefficient (Wildman–Crippen LogP) is 1.09. The van der Waals surface area contributed by atoms with Crippen LogP contribution in [-0.4, -0.2) is 19.9 Å². The molecule has 0 spiro atoms. The van der Waals surface area contributed by atoms with Crippen LogP contribution in [0.3, 0.4) is 0 Å². The fraction of sp³-hybridized carbons (Fsp3) is 0. The van der Waals surface area contributed by atoms with Crippen molar-refractivity contribution in [2.75, 3.05) is 0 Å². The minimum Gasteiger partial charge on any atom is -0.245 e. The van der Waals surface area contributed by atoms with E-state index in [1.807, 2.05) is 0 Å². The van der Waals surface area contributed by atoms with E-state index >= 15 is 0 Å². The van der Waals surface area contributed by atoms with Crippen LogP contribution < -0.4 is 0 Å². The van der Waals surface area contributed by atoms with Gasteiger partial charge in [-0.15, -0.1) is 0 Å². The molecule has 2 aromatic rings. The van der Waals surface area contributed by atoms with Gasteiger partial charge in [0.25, 0.3) is 0 Å². The highest BCUT2D eigenvalue weighted by molar-refractivity contribution is 4.76. The third kappa shape index (κ3) is 4.52. The molecule has 0 fully saturated rings. The zero-order valence-electron chi connectivity index (χ0n) is 6.71. The molecule has 0 amide bonds. The van der Waals surface area contributed by atoms with E-state index in [4.69, 9.17) is 0 Å². The number of aromatic nitrogens is 4. The maximum Gasteiger partial charge on any atom is 0.308 e. The molecule has 0 aliphatic heterocycles. The first-order valence-corrected chi connectivity index (χ1v) is 3.52. The van der Waals surface area contributed by atoms with E-state index < -0.39 is 6.08 Å². The molecule has 66 valence electrons. The van der Waals surface area contributed by atoms with Gasteiger partial charge in [0.2, 0.25) is 0 Å². The summed E-state index contributed by atoms with van der Waals surface area (Å²) in [6.07, 6.45) is 6.90. The minimum absolute atomic E-state index is 0.678. The third-order valence-electron chi connectivity index (χ3n) is 1.01. The van der Waals surface area contributed by atoms with Gasteiger partial charge in [-0.1, -0.05) is 0 Å². The summed E-state index contributed by atoms with van der Waals surface area (Å²) >= 11 is 0. The van der Waals surface area contributed by atoms with Crippen molar-refractivity contribution in [3.63, 3.8) is 0 Å². The Morgan fingerprint density at radius 2 is 1.38 bits per heavy atom. The summed E-state index contributed by atoms with van der Waals surface area (Å²) in [4.78, 5) is 13.8. The first kappa shape index (κ1) is 9.18. The number of hydrogen-bond acceptors (Lipinski definition) is 4. The SMILES string of the molecule is Fc1ncccn1.c1cncnc1. The van der Waals surface area contributed by atoms with Crippen LogP contribution in [0.1, 0.15) is 0 Å². The number of halogens is 1. The van der Waals surface area contributed by atoms with E-state index in [0.29, 0.717) is 0 Å². The largest absolute Gasteiger partial charge is 0.308 e. The molecule has 0 aromatic carbocycles. The number of hydrogen-bond donors (Lipinski definition) is 0. The first-order valence-electron chi connectivity index (χ1n) is 3.52. The highest BCUT2D eigenvalue weighted by atomic mass is 19.1. The van der Waals surface area contributed by atoms with E-state index in [0.717, 1.165) is 0 Å². The topological polar surface area (TPSA) is 51.6 Å². The van der Waals surface area contributed by atoms with Crippen molar-refractivity contribution < 1.29 is 4.39 Å². The summed E-state index contributed by atoms with van der Waals surface area (Å²) in [5.41, 5.74) is 0. The highest BCUT2D eigenvalue weighted by Crippen LogP contribution is 1.79. The Hall–Kier alpha value is -1.91. The van der Waals surface area contributed by atoms with Gasteiger partial charge >= 0.3 is 6.08 Å². The second-order valence-electron chi connectivity index (χ2n) is 1.92. The normalized spacial score (nSPS) is 8.38. The monoisotopic (exact) mass is 178 g/mol. The Morgan fingerprint density at radius 3 is 1.62 bits per heavy atom. The summed E-state index contributed by atoms with van der Waals surface area (Å²) in [5, 5.41) is 0. The first-order chi connectivity index (χ1) is 6.39. The quantitative estimate of drug-likeness (QED) is 0.566. The molecule has 0 radical (unpaired) electrons. The molecule has 0 aliphatic carbocycles. The Bertz CT molecular complexity index is 287. The molecule has 0 atom stereocenters. The second-order valence-corrected chi connectivity index (χ2v) is 1.92. The molecule has 13 heavy (non-hydrogen) atoms. The van der Waals surface area contributed by atoms with Crippen LogP contribution in [0.15, 0.2) is 43.2 Å². The van der Waals surface area contributed by atoms with Crippen LogP contribution in [0.25, 0.3) is 0 Å². The third-order valence-corrected chi connectivity index (χ3v) is 1.01. The smallest absolute Gasteiger partial charge is 0.245 e. The zero-order valence-corrected chi connectivity index (χ0v) is 6.71. The molecule has 2 aromatic heterocycles. The number of rotatable bonds is 0. The van der Waals surface area contributed by atoms with Gasteiger partial charge in [0, 0.05) is 24.8 Å². The molecule has 2 heterocycles. The Labute approximate surface area is 74.5 Å². The van der Waals surface area contributed by atoms with Crippen molar-refractivity contribution in [2.24, 2.45) is 0 Å². The van der Waals surface area contributed by atoms with Gasteiger partial charge in [0.05, 0.1) is 0 Å². The molecule has 0 N–H and O–H groups in total. The molecule has 4 nitrogen and oxygen atoms in total. The van der Waals surface area contributed by atoms with E-state index in [-0.39, 0.29) is 0 Å². The van der Waals surface area contributed by atoms with Crippen LogP contribution in [0.5, 0.6) is 0 Å². The molecule has 0 unspecified atom stereocenters. The lowest BCUT2D eigenvalue weighted by atomic mass is 10.7. The van der Waals surface area contributed by atoms with Gasteiger partial charge in [-0.2, -0.15) is 4.39 Å². The van der Waals surface area contributed by atoms with E-state index in [1.165, 1.54) is 18.7 Å². The lowest BCUT2D eigenvalue weighted by Crippen LogP contribution is -1.81. The predicted molar refractivity (Wildman–Crippen MR) is 44.0 cm³/mol. The second kappa shape index (κ2) is 5.70.